The van der Waals surface area contributed by atoms with Crippen LogP contribution in [-0.4, -0.2) is 38.3 Å². The van der Waals surface area contributed by atoms with Gasteiger partial charge in [-0.1, -0.05) is 12.1 Å². The number of aromatic nitrogens is 2. The van der Waals surface area contributed by atoms with Gasteiger partial charge in [-0.25, -0.2) is 4.68 Å². The van der Waals surface area contributed by atoms with Crippen LogP contribution in [0.15, 0.2) is 42.7 Å². The summed E-state index contributed by atoms with van der Waals surface area (Å²) < 4.78 is 1.79. The molecule has 3 rings (SSSR count). The molecule has 1 aliphatic rings. The first-order valence-corrected chi connectivity index (χ1v) is 6.27. The smallest absolute Gasteiger partial charge is 0.225 e. The van der Waals surface area contributed by atoms with Crippen LogP contribution in [0.4, 0.5) is 0 Å². The lowest BCUT2D eigenvalue weighted by atomic mass is 10.2. The Morgan fingerprint density at radius 1 is 1.32 bits per heavy atom. The maximum Gasteiger partial charge on any atom is 0.225 e. The van der Waals surface area contributed by atoms with Gasteiger partial charge in [0, 0.05) is 25.5 Å². The minimum absolute atomic E-state index is 0.0173. The van der Waals surface area contributed by atoms with Crippen molar-refractivity contribution in [1.82, 2.24) is 14.7 Å². The van der Waals surface area contributed by atoms with Crippen molar-refractivity contribution in [3.63, 3.8) is 0 Å². The van der Waals surface area contributed by atoms with E-state index in [1.54, 1.807) is 15.8 Å². The van der Waals surface area contributed by atoms with Crippen molar-refractivity contribution in [2.75, 3.05) is 6.54 Å². The number of carbonyl (C=O) groups is 1. The Hall–Kier alpha value is -2.14. The van der Waals surface area contributed by atoms with E-state index in [2.05, 4.69) is 5.10 Å². The summed E-state index contributed by atoms with van der Waals surface area (Å²) in [5.74, 6) is 0.0173. The van der Waals surface area contributed by atoms with Gasteiger partial charge in [-0.2, -0.15) is 5.10 Å². The van der Waals surface area contributed by atoms with Crippen LogP contribution in [0.5, 0.6) is 0 Å². The van der Waals surface area contributed by atoms with Gasteiger partial charge in [-0.05, 0) is 23.8 Å². The molecular formula is C14H15N3O2. The molecule has 0 spiro atoms. The van der Waals surface area contributed by atoms with Gasteiger partial charge in [-0.3, -0.25) is 4.79 Å². The van der Waals surface area contributed by atoms with Gasteiger partial charge in [0.1, 0.15) is 0 Å². The Labute approximate surface area is 111 Å². The van der Waals surface area contributed by atoms with Crippen LogP contribution in [0.25, 0.3) is 5.69 Å². The number of nitrogens with zero attached hydrogens (tertiary/aromatic N) is 3. The highest BCUT2D eigenvalue weighted by Crippen LogP contribution is 2.16. The number of amides is 1. The fourth-order valence-corrected chi connectivity index (χ4v) is 2.30. The number of likely N-dealkylation sites (tertiary alicyclic amines) is 1. The SMILES string of the molecule is O=C1CC(O)CN1Cc1ccc(-n2cccn2)cc1. The van der Waals surface area contributed by atoms with Crippen molar-refractivity contribution in [3.8, 4) is 5.69 Å². The van der Waals surface area contributed by atoms with Crippen LogP contribution in [0.2, 0.25) is 0 Å². The molecule has 1 amide bonds. The van der Waals surface area contributed by atoms with Gasteiger partial charge in [0.05, 0.1) is 18.2 Å². The summed E-state index contributed by atoms with van der Waals surface area (Å²) in [6, 6.07) is 9.78. The molecule has 1 fully saturated rings. The number of benzene rings is 1. The van der Waals surface area contributed by atoms with E-state index in [4.69, 9.17) is 0 Å². The molecule has 1 atom stereocenters. The van der Waals surface area contributed by atoms with Crippen LogP contribution < -0.4 is 0 Å². The summed E-state index contributed by atoms with van der Waals surface area (Å²) in [5.41, 5.74) is 2.04. The zero-order valence-corrected chi connectivity index (χ0v) is 10.4. The normalized spacial score (nSPS) is 19.1. The second-order valence-corrected chi connectivity index (χ2v) is 4.75. The molecule has 0 bridgehead atoms. The van der Waals surface area contributed by atoms with Crippen molar-refractivity contribution in [1.29, 1.82) is 0 Å². The van der Waals surface area contributed by atoms with E-state index in [1.807, 2.05) is 36.5 Å². The highest BCUT2D eigenvalue weighted by Gasteiger charge is 2.27. The largest absolute Gasteiger partial charge is 0.391 e. The van der Waals surface area contributed by atoms with E-state index in [0.29, 0.717) is 13.1 Å². The van der Waals surface area contributed by atoms with E-state index in [0.717, 1.165) is 11.3 Å². The standard InChI is InChI=1S/C14H15N3O2/c18-13-8-14(19)16(10-13)9-11-2-4-12(5-3-11)17-7-1-6-15-17/h1-7,13,18H,8-10H2. The summed E-state index contributed by atoms with van der Waals surface area (Å²) in [6.45, 7) is 0.981. The summed E-state index contributed by atoms with van der Waals surface area (Å²) in [6.07, 6.45) is 3.34. The second-order valence-electron chi connectivity index (χ2n) is 4.75. The Balaban J connectivity index is 1.71. The monoisotopic (exact) mass is 257 g/mol. The third-order valence-corrected chi connectivity index (χ3v) is 3.27. The third kappa shape index (κ3) is 2.51. The van der Waals surface area contributed by atoms with Crippen LogP contribution in [0.3, 0.4) is 0 Å². The summed E-state index contributed by atoms with van der Waals surface area (Å²) in [7, 11) is 0. The van der Waals surface area contributed by atoms with Crippen LogP contribution in [0.1, 0.15) is 12.0 Å². The van der Waals surface area contributed by atoms with Crippen molar-refractivity contribution in [3.05, 3.63) is 48.3 Å². The first-order valence-electron chi connectivity index (χ1n) is 6.27. The Kier molecular flexibility index (Phi) is 3.05. The Bertz CT molecular complexity index is 563. The van der Waals surface area contributed by atoms with E-state index < -0.39 is 6.10 Å². The molecule has 1 aromatic heterocycles. The van der Waals surface area contributed by atoms with Gasteiger partial charge in [0.2, 0.25) is 5.91 Å². The molecule has 0 aliphatic carbocycles. The predicted molar refractivity (Wildman–Crippen MR) is 69.6 cm³/mol. The quantitative estimate of drug-likeness (QED) is 0.891. The number of hydrogen-bond donors (Lipinski definition) is 1. The zero-order valence-electron chi connectivity index (χ0n) is 10.4. The predicted octanol–water partition coefficient (Wildman–Crippen LogP) is 0.966. The molecule has 0 radical (unpaired) electrons. The fraction of sp³-hybridized carbons (Fsp3) is 0.286. The topological polar surface area (TPSA) is 58.4 Å². The van der Waals surface area contributed by atoms with E-state index in [9.17, 15) is 9.90 Å². The molecule has 0 saturated carbocycles. The zero-order chi connectivity index (χ0) is 13.2. The van der Waals surface area contributed by atoms with Crippen molar-refractivity contribution >= 4 is 5.91 Å². The number of aliphatic hydroxyl groups excluding tert-OH is 1. The Morgan fingerprint density at radius 3 is 2.68 bits per heavy atom. The highest BCUT2D eigenvalue weighted by atomic mass is 16.3. The van der Waals surface area contributed by atoms with Crippen molar-refractivity contribution < 1.29 is 9.90 Å². The number of carbonyl (C=O) groups excluding carboxylic acids is 1. The lowest BCUT2D eigenvalue weighted by molar-refractivity contribution is -0.128. The lowest BCUT2D eigenvalue weighted by Gasteiger charge is -2.15. The molecule has 19 heavy (non-hydrogen) atoms. The van der Waals surface area contributed by atoms with Gasteiger partial charge >= 0.3 is 0 Å². The molecule has 1 aromatic carbocycles. The minimum Gasteiger partial charge on any atom is -0.391 e. The van der Waals surface area contributed by atoms with Gasteiger partial charge in [-0.15, -0.1) is 0 Å². The molecule has 2 aromatic rings. The van der Waals surface area contributed by atoms with E-state index in [1.165, 1.54) is 0 Å². The first-order chi connectivity index (χ1) is 9.22. The Morgan fingerprint density at radius 2 is 2.11 bits per heavy atom. The maximum atomic E-state index is 11.6. The van der Waals surface area contributed by atoms with E-state index >= 15 is 0 Å². The molecular weight excluding hydrogens is 242 g/mol. The second kappa shape index (κ2) is 4.85. The summed E-state index contributed by atoms with van der Waals surface area (Å²) in [4.78, 5) is 13.3. The number of rotatable bonds is 3. The fourth-order valence-electron chi connectivity index (χ4n) is 2.30. The minimum atomic E-state index is -0.518. The highest BCUT2D eigenvalue weighted by molar-refractivity contribution is 5.79. The van der Waals surface area contributed by atoms with Crippen LogP contribution >= 0.6 is 0 Å². The molecule has 1 N–H and O–H groups in total. The van der Waals surface area contributed by atoms with Gasteiger partial charge < -0.3 is 10.0 Å². The molecule has 1 unspecified atom stereocenters. The number of hydrogen-bond acceptors (Lipinski definition) is 3. The first kappa shape index (κ1) is 11.9. The maximum absolute atomic E-state index is 11.6. The average Bonchev–Trinajstić information content (AvgIpc) is 3.01. The van der Waals surface area contributed by atoms with Crippen molar-refractivity contribution in [2.45, 2.75) is 19.1 Å². The molecule has 5 heteroatoms. The summed E-state index contributed by atoms with van der Waals surface area (Å²) >= 11 is 0. The molecule has 98 valence electrons. The molecule has 1 saturated heterocycles. The third-order valence-electron chi connectivity index (χ3n) is 3.27. The van der Waals surface area contributed by atoms with E-state index in [-0.39, 0.29) is 12.3 Å². The molecule has 1 aliphatic heterocycles. The number of β-amino-alcohol motifs (C(OH)–C–C–N with tert-alkyl or cyclic N) is 1. The average molecular weight is 257 g/mol. The van der Waals surface area contributed by atoms with Crippen molar-refractivity contribution in [2.24, 2.45) is 0 Å². The molecule has 2 heterocycles. The number of aliphatic hydroxyl groups is 1. The molecule has 5 nitrogen and oxygen atoms in total. The summed E-state index contributed by atoms with van der Waals surface area (Å²) in [5, 5.41) is 13.6. The van der Waals surface area contributed by atoms with Crippen LogP contribution in [-0.2, 0) is 11.3 Å². The van der Waals surface area contributed by atoms with Gasteiger partial charge in [0.15, 0.2) is 0 Å². The lowest BCUT2D eigenvalue weighted by Crippen LogP contribution is -2.25. The van der Waals surface area contributed by atoms with Gasteiger partial charge in [0.25, 0.3) is 0 Å². The van der Waals surface area contributed by atoms with Crippen LogP contribution in [0, 0.1) is 0 Å².